The zero-order valence-electron chi connectivity index (χ0n) is 20.1. The summed E-state index contributed by atoms with van der Waals surface area (Å²) in [7, 11) is 1.66. The van der Waals surface area contributed by atoms with Gasteiger partial charge in [0.2, 0.25) is 5.91 Å². The molecule has 180 valence electrons. The maximum Gasteiger partial charge on any atom is 0.223 e. The van der Waals surface area contributed by atoms with Crippen LogP contribution in [0.4, 0.5) is 5.82 Å². The molecule has 0 aliphatic carbocycles. The third-order valence-corrected chi connectivity index (χ3v) is 6.99. The molecule has 2 aromatic heterocycles. The van der Waals surface area contributed by atoms with E-state index in [1.54, 1.807) is 7.11 Å². The molecular weight excluding hydrogens is 432 g/mol. The summed E-state index contributed by atoms with van der Waals surface area (Å²) in [6.45, 7) is 6.95. The topological polar surface area (TPSA) is 94.4 Å². The lowest BCUT2D eigenvalue weighted by atomic mass is 9.95. The zero-order valence-corrected chi connectivity index (χ0v) is 20.1. The molecule has 0 radical (unpaired) electrons. The first kappa shape index (κ1) is 22.6. The number of hydrogen-bond acceptors (Lipinski definition) is 7. The van der Waals surface area contributed by atoms with Gasteiger partial charge in [0, 0.05) is 32.2 Å². The molecule has 1 amide bonds. The minimum absolute atomic E-state index is 0.0187. The molecule has 2 saturated heterocycles. The number of hydrogen-bond donors (Lipinski definition) is 1. The second-order valence-electron chi connectivity index (χ2n) is 9.17. The first-order chi connectivity index (χ1) is 16.5. The van der Waals surface area contributed by atoms with E-state index in [9.17, 15) is 4.79 Å². The Labute approximate surface area is 199 Å². The highest BCUT2D eigenvalue weighted by atomic mass is 16.5. The SMILES string of the molecule is COc1ccc(-n2nc3c(N4CCC(C(=O)NC[C@H]5CCCO5)CC4)nnc(C)c3c2C)cc1. The Hall–Kier alpha value is -3.20. The van der Waals surface area contributed by atoms with Crippen LogP contribution in [0.5, 0.6) is 5.75 Å². The molecule has 0 spiro atoms. The lowest BCUT2D eigenvalue weighted by Crippen LogP contribution is -2.42. The van der Waals surface area contributed by atoms with Crippen LogP contribution in [0, 0.1) is 19.8 Å². The summed E-state index contributed by atoms with van der Waals surface area (Å²) in [5.74, 6) is 1.75. The molecule has 9 nitrogen and oxygen atoms in total. The van der Waals surface area contributed by atoms with Crippen LogP contribution in [-0.2, 0) is 9.53 Å². The molecule has 9 heteroatoms. The number of aryl methyl sites for hydroxylation is 2. The Morgan fingerprint density at radius 1 is 1.15 bits per heavy atom. The van der Waals surface area contributed by atoms with Gasteiger partial charge >= 0.3 is 0 Å². The first-order valence-electron chi connectivity index (χ1n) is 12.1. The second kappa shape index (κ2) is 9.58. The minimum Gasteiger partial charge on any atom is -0.497 e. The summed E-state index contributed by atoms with van der Waals surface area (Å²) in [6.07, 6.45) is 3.85. The number of ether oxygens (including phenoxy) is 2. The summed E-state index contributed by atoms with van der Waals surface area (Å²) < 4.78 is 12.8. The quantitative estimate of drug-likeness (QED) is 0.599. The summed E-state index contributed by atoms with van der Waals surface area (Å²) >= 11 is 0. The fourth-order valence-electron chi connectivity index (χ4n) is 5.02. The molecule has 0 saturated carbocycles. The Morgan fingerprint density at radius 2 is 1.91 bits per heavy atom. The standard InChI is InChI=1S/C25H32N6O3/c1-16-22-17(2)31(19-6-8-20(33-3)9-7-19)29-23(22)24(28-27-16)30-12-10-18(11-13-30)25(32)26-15-21-5-4-14-34-21/h6-9,18,21H,4-5,10-15H2,1-3H3,(H,26,32)/t21-/m1/s1. The molecule has 2 fully saturated rings. The maximum absolute atomic E-state index is 12.7. The highest BCUT2D eigenvalue weighted by molar-refractivity contribution is 5.92. The van der Waals surface area contributed by atoms with Crippen LogP contribution in [0.1, 0.15) is 37.1 Å². The molecule has 1 aromatic carbocycles. The monoisotopic (exact) mass is 464 g/mol. The van der Waals surface area contributed by atoms with Gasteiger partial charge in [-0.2, -0.15) is 10.2 Å². The summed E-state index contributed by atoms with van der Waals surface area (Å²) in [5.41, 5.74) is 3.69. The highest BCUT2D eigenvalue weighted by Crippen LogP contribution is 2.32. The van der Waals surface area contributed by atoms with Gasteiger partial charge < -0.3 is 19.7 Å². The van der Waals surface area contributed by atoms with Crippen molar-refractivity contribution in [3.8, 4) is 11.4 Å². The Morgan fingerprint density at radius 3 is 2.59 bits per heavy atom. The van der Waals surface area contributed by atoms with Gasteiger partial charge in [-0.1, -0.05) is 0 Å². The molecule has 4 heterocycles. The van der Waals surface area contributed by atoms with Crippen molar-refractivity contribution in [2.24, 2.45) is 5.92 Å². The van der Waals surface area contributed by atoms with Crippen molar-refractivity contribution < 1.29 is 14.3 Å². The van der Waals surface area contributed by atoms with E-state index in [0.29, 0.717) is 6.54 Å². The lowest BCUT2D eigenvalue weighted by Gasteiger charge is -2.32. The number of nitrogens with zero attached hydrogens (tertiary/aromatic N) is 5. The zero-order chi connectivity index (χ0) is 23.7. The number of methoxy groups -OCH3 is 1. The molecule has 3 aromatic rings. The first-order valence-corrected chi connectivity index (χ1v) is 12.1. The molecule has 0 unspecified atom stereocenters. The van der Waals surface area contributed by atoms with E-state index in [2.05, 4.69) is 27.3 Å². The molecule has 0 bridgehead atoms. The van der Waals surface area contributed by atoms with Gasteiger partial charge in [0.25, 0.3) is 0 Å². The number of aromatic nitrogens is 4. The van der Waals surface area contributed by atoms with Crippen molar-refractivity contribution in [3.05, 3.63) is 35.7 Å². The van der Waals surface area contributed by atoms with Gasteiger partial charge in [0.05, 0.1) is 35.7 Å². The van der Waals surface area contributed by atoms with Crippen molar-refractivity contribution in [2.75, 3.05) is 38.3 Å². The second-order valence-corrected chi connectivity index (χ2v) is 9.17. The van der Waals surface area contributed by atoms with Crippen molar-refractivity contribution in [2.45, 2.75) is 45.6 Å². The summed E-state index contributed by atoms with van der Waals surface area (Å²) in [5, 5.41) is 18.0. The minimum atomic E-state index is 0.0187. The molecular formula is C25H32N6O3. The predicted octanol–water partition coefficient (Wildman–Crippen LogP) is 2.95. The number of piperidine rings is 1. The van der Waals surface area contributed by atoms with Crippen molar-refractivity contribution >= 4 is 22.6 Å². The van der Waals surface area contributed by atoms with Crippen LogP contribution >= 0.6 is 0 Å². The van der Waals surface area contributed by atoms with E-state index in [1.165, 1.54) is 0 Å². The Kier molecular flexibility index (Phi) is 6.36. The number of anilines is 1. The molecule has 2 aliphatic rings. The number of carbonyl (C=O) groups excluding carboxylic acids is 1. The van der Waals surface area contributed by atoms with E-state index in [4.69, 9.17) is 14.6 Å². The van der Waals surface area contributed by atoms with E-state index >= 15 is 0 Å². The number of rotatable bonds is 6. The number of carbonyl (C=O) groups is 1. The molecule has 1 N–H and O–H groups in total. The highest BCUT2D eigenvalue weighted by Gasteiger charge is 2.29. The smallest absolute Gasteiger partial charge is 0.223 e. The van der Waals surface area contributed by atoms with Gasteiger partial charge in [0.15, 0.2) is 5.82 Å². The van der Waals surface area contributed by atoms with Gasteiger partial charge in [0.1, 0.15) is 11.3 Å². The number of amides is 1. The number of fused-ring (bicyclic) bond motifs is 1. The van der Waals surface area contributed by atoms with Gasteiger partial charge in [-0.15, -0.1) is 5.10 Å². The van der Waals surface area contributed by atoms with Crippen LogP contribution in [0.15, 0.2) is 24.3 Å². The van der Waals surface area contributed by atoms with Crippen molar-refractivity contribution in [1.29, 1.82) is 0 Å². The molecule has 5 rings (SSSR count). The van der Waals surface area contributed by atoms with Crippen LogP contribution in [0.25, 0.3) is 16.6 Å². The van der Waals surface area contributed by atoms with Crippen molar-refractivity contribution in [3.63, 3.8) is 0 Å². The van der Waals surface area contributed by atoms with Gasteiger partial charge in [-0.3, -0.25) is 4.79 Å². The maximum atomic E-state index is 12.7. The van der Waals surface area contributed by atoms with E-state index in [-0.39, 0.29) is 17.9 Å². The number of benzene rings is 1. The van der Waals surface area contributed by atoms with Crippen molar-refractivity contribution in [1.82, 2.24) is 25.3 Å². The van der Waals surface area contributed by atoms with E-state index in [0.717, 1.165) is 84.9 Å². The molecule has 1 atom stereocenters. The number of nitrogens with one attached hydrogen (secondary N) is 1. The fourth-order valence-corrected chi connectivity index (χ4v) is 5.02. The summed E-state index contributed by atoms with van der Waals surface area (Å²) in [6, 6.07) is 7.85. The van der Waals surface area contributed by atoms with Crippen LogP contribution < -0.4 is 15.0 Å². The Bertz CT molecular complexity index is 1160. The van der Waals surface area contributed by atoms with E-state index < -0.39 is 0 Å². The van der Waals surface area contributed by atoms with Gasteiger partial charge in [-0.05, 0) is 63.8 Å². The summed E-state index contributed by atoms with van der Waals surface area (Å²) in [4.78, 5) is 14.9. The van der Waals surface area contributed by atoms with Gasteiger partial charge in [-0.25, -0.2) is 4.68 Å². The molecule has 34 heavy (non-hydrogen) atoms. The average molecular weight is 465 g/mol. The average Bonchev–Trinajstić information content (AvgIpc) is 3.51. The van der Waals surface area contributed by atoms with Crippen LogP contribution in [-0.4, -0.2) is 65.3 Å². The molecule has 2 aliphatic heterocycles. The normalized spacial score (nSPS) is 19.0. The van der Waals surface area contributed by atoms with Crippen LogP contribution in [0.3, 0.4) is 0 Å². The third-order valence-electron chi connectivity index (χ3n) is 6.99. The largest absolute Gasteiger partial charge is 0.497 e. The Balaban J connectivity index is 1.33. The predicted molar refractivity (Wildman–Crippen MR) is 130 cm³/mol. The van der Waals surface area contributed by atoms with E-state index in [1.807, 2.05) is 35.9 Å². The lowest BCUT2D eigenvalue weighted by molar-refractivity contribution is -0.126. The fraction of sp³-hybridized carbons (Fsp3) is 0.520. The van der Waals surface area contributed by atoms with Crippen LogP contribution in [0.2, 0.25) is 0 Å². The third kappa shape index (κ3) is 4.32.